The van der Waals surface area contributed by atoms with Crippen LogP contribution in [0.5, 0.6) is 5.75 Å². The molecule has 0 amide bonds. The van der Waals surface area contributed by atoms with E-state index in [0.29, 0.717) is 6.42 Å². The summed E-state index contributed by atoms with van der Waals surface area (Å²) in [7, 11) is 0. The number of hydrogen-bond acceptors (Lipinski definition) is 3. The van der Waals surface area contributed by atoms with Gasteiger partial charge in [-0.15, -0.1) is 0 Å². The largest absolute Gasteiger partial charge is 0.494 e. The monoisotopic (exact) mass is 314 g/mol. The predicted molar refractivity (Wildman–Crippen MR) is 91.7 cm³/mol. The predicted octanol–water partition coefficient (Wildman–Crippen LogP) is 4.22. The molecule has 1 aromatic heterocycles. The van der Waals surface area contributed by atoms with E-state index in [4.69, 9.17) is 4.74 Å². The van der Waals surface area contributed by atoms with Gasteiger partial charge in [0.05, 0.1) is 6.61 Å². The van der Waals surface area contributed by atoms with Gasteiger partial charge in [-0.1, -0.05) is 39.8 Å². The number of rotatable bonds is 6. The van der Waals surface area contributed by atoms with Gasteiger partial charge in [0.15, 0.2) is 0 Å². The van der Waals surface area contributed by atoms with Crippen molar-refractivity contribution in [1.82, 2.24) is 9.55 Å². The maximum atomic E-state index is 12.8. The molecule has 0 radical (unpaired) electrons. The molecule has 124 valence electrons. The van der Waals surface area contributed by atoms with Crippen molar-refractivity contribution in [2.75, 3.05) is 6.61 Å². The molecule has 0 aliphatic rings. The number of benzene rings is 1. The van der Waals surface area contributed by atoms with Gasteiger partial charge in [0.1, 0.15) is 12.1 Å². The second kappa shape index (κ2) is 7.44. The SMILES string of the molecule is CCCOc1ccc(CC(C(=O)n2ccnc2)C(C)(C)C)cc1. The van der Waals surface area contributed by atoms with Gasteiger partial charge in [-0.05, 0) is 36.0 Å². The summed E-state index contributed by atoms with van der Waals surface area (Å²) in [4.78, 5) is 16.7. The van der Waals surface area contributed by atoms with Crippen LogP contribution in [0.4, 0.5) is 0 Å². The highest BCUT2D eigenvalue weighted by Crippen LogP contribution is 2.31. The molecule has 4 heteroatoms. The molecule has 1 aromatic carbocycles. The average Bonchev–Trinajstić information content (AvgIpc) is 3.04. The molecular weight excluding hydrogens is 288 g/mol. The summed E-state index contributed by atoms with van der Waals surface area (Å²) in [6.07, 6.45) is 6.62. The fourth-order valence-electron chi connectivity index (χ4n) is 2.51. The molecule has 0 aliphatic carbocycles. The lowest BCUT2D eigenvalue weighted by Crippen LogP contribution is -2.33. The van der Waals surface area contributed by atoms with Crippen LogP contribution in [-0.4, -0.2) is 22.1 Å². The second-order valence-corrected chi connectivity index (χ2v) is 6.92. The van der Waals surface area contributed by atoms with E-state index in [-0.39, 0.29) is 17.2 Å². The maximum Gasteiger partial charge on any atom is 0.235 e. The number of nitrogens with zero attached hydrogens (tertiary/aromatic N) is 2. The minimum absolute atomic E-state index is 0.0845. The zero-order valence-electron chi connectivity index (χ0n) is 14.5. The quantitative estimate of drug-likeness (QED) is 0.802. The fourth-order valence-corrected chi connectivity index (χ4v) is 2.51. The number of carbonyl (C=O) groups is 1. The number of ether oxygens (including phenoxy) is 1. The third-order valence-electron chi connectivity index (χ3n) is 3.94. The van der Waals surface area contributed by atoms with Gasteiger partial charge in [-0.2, -0.15) is 0 Å². The van der Waals surface area contributed by atoms with Crippen molar-refractivity contribution in [2.45, 2.75) is 40.5 Å². The van der Waals surface area contributed by atoms with E-state index < -0.39 is 0 Å². The molecule has 4 nitrogen and oxygen atoms in total. The molecule has 0 bridgehead atoms. The third-order valence-corrected chi connectivity index (χ3v) is 3.94. The van der Waals surface area contributed by atoms with Gasteiger partial charge < -0.3 is 4.74 Å². The minimum Gasteiger partial charge on any atom is -0.494 e. The van der Waals surface area contributed by atoms with Crippen LogP contribution in [0, 0.1) is 11.3 Å². The van der Waals surface area contributed by atoms with Crippen molar-refractivity contribution in [2.24, 2.45) is 11.3 Å². The van der Waals surface area contributed by atoms with Crippen LogP contribution in [-0.2, 0) is 6.42 Å². The Morgan fingerprint density at radius 1 is 1.26 bits per heavy atom. The maximum absolute atomic E-state index is 12.8. The van der Waals surface area contributed by atoms with Gasteiger partial charge in [-0.3, -0.25) is 9.36 Å². The Balaban J connectivity index is 2.13. The molecule has 23 heavy (non-hydrogen) atoms. The van der Waals surface area contributed by atoms with Gasteiger partial charge in [0, 0.05) is 18.3 Å². The number of imidazole rings is 1. The van der Waals surface area contributed by atoms with Crippen LogP contribution in [0.2, 0.25) is 0 Å². The van der Waals surface area contributed by atoms with Crippen molar-refractivity contribution >= 4 is 5.91 Å². The Morgan fingerprint density at radius 2 is 1.96 bits per heavy atom. The van der Waals surface area contributed by atoms with E-state index in [2.05, 4.69) is 32.7 Å². The van der Waals surface area contributed by atoms with Crippen molar-refractivity contribution < 1.29 is 9.53 Å². The topological polar surface area (TPSA) is 44.1 Å². The molecule has 2 aromatic rings. The zero-order valence-corrected chi connectivity index (χ0v) is 14.5. The van der Waals surface area contributed by atoms with E-state index >= 15 is 0 Å². The Bertz CT molecular complexity index is 610. The summed E-state index contributed by atoms with van der Waals surface area (Å²) in [5, 5.41) is 0. The summed E-state index contributed by atoms with van der Waals surface area (Å²) >= 11 is 0. The van der Waals surface area contributed by atoms with E-state index in [1.165, 1.54) is 0 Å². The van der Waals surface area contributed by atoms with Crippen molar-refractivity contribution in [3.8, 4) is 5.75 Å². The Hall–Kier alpha value is -2.10. The standard InChI is InChI=1S/C19H26N2O2/c1-5-12-23-16-8-6-15(7-9-16)13-17(19(2,3)4)18(22)21-11-10-20-14-21/h6-11,14,17H,5,12-13H2,1-4H3. The van der Waals surface area contributed by atoms with Crippen molar-refractivity contribution in [1.29, 1.82) is 0 Å². The molecule has 0 saturated carbocycles. The molecule has 0 saturated heterocycles. The van der Waals surface area contributed by atoms with Crippen LogP contribution in [0.3, 0.4) is 0 Å². The molecule has 1 atom stereocenters. The number of carbonyl (C=O) groups excluding carboxylic acids is 1. The lowest BCUT2D eigenvalue weighted by molar-refractivity contribution is 0.0724. The fraction of sp³-hybridized carbons (Fsp3) is 0.474. The van der Waals surface area contributed by atoms with Crippen molar-refractivity contribution in [3.05, 3.63) is 48.5 Å². The minimum atomic E-state index is -0.126. The van der Waals surface area contributed by atoms with E-state index in [1.807, 2.05) is 24.3 Å². The highest BCUT2D eigenvalue weighted by molar-refractivity contribution is 5.82. The summed E-state index contributed by atoms with van der Waals surface area (Å²) < 4.78 is 7.19. The lowest BCUT2D eigenvalue weighted by atomic mass is 9.76. The van der Waals surface area contributed by atoms with Crippen LogP contribution < -0.4 is 4.74 Å². The number of aromatic nitrogens is 2. The van der Waals surface area contributed by atoms with Gasteiger partial charge in [-0.25, -0.2) is 4.98 Å². The van der Waals surface area contributed by atoms with Gasteiger partial charge >= 0.3 is 0 Å². The highest BCUT2D eigenvalue weighted by atomic mass is 16.5. The van der Waals surface area contributed by atoms with E-state index in [9.17, 15) is 4.79 Å². The van der Waals surface area contributed by atoms with E-state index in [0.717, 1.165) is 24.3 Å². The third kappa shape index (κ3) is 4.68. The van der Waals surface area contributed by atoms with Crippen LogP contribution in [0.25, 0.3) is 0 Å². The Morgan fingerprint density at radius 3 is 2.48 bits per heavy atom. The van der Waals surface area contributed by atoms with Crippen LogP contribution in [0.1, 0.15) is 44.5 Å². The first-order valence-electron chi connectivity index (χ1n) is 8.15. The molecule has 0 spiro atoms. The van der Waals surface area contributed by atoms with Crippen LogP contribution >= 0.6 is 0 Å². The van der Waals surface area contributed by atoms with E-state index in [1.54, 1.807) is 23.3 Å². The van der Waals surface area contributed by atoms with Crippen molar-refractivity contribution in [3.63, 3.8) is 0 Å². The lowest BCUT2D eigenvalue weighted by Gasteiger charge is -2.29. The first-order valence-corrected chi connectivity index (χ1v) is 8.15. The molecular formula is C19H26N2O2. The molecule has 1 unspecified atom stereocenters. The Labute approximate surface area is 138 Å². The summed E-state index contributed by atoms with van der Waals surface area (Å²) in [6, 6.07) is 8.05. The molecule has 0 N–H and O–H groups in total. The molecule has 1 heterocycles. The molecule has 2 rings (SSSR count). The molecule has 0 fully saturated rings. The second-order valence-electron chi connectivity index (χ2n) is 6.92. The van der Waals surface area contributed by atoms with Gasteiger partial charge in [0.25, 0.3) is 0 Å². The number of hydrogen-bond donors (Lipinski definition) is 0. The molecule has 0 aliphatic heterocycles. The highest BCUT2D eigenvalue weighted by Gasteiger charge is 2.32. The zero-order chi connectivity index (χ0) is 16.9. The summed E-state index contributed by atoms with van der Waals surface area (Å²) in [5.41, 5.74) is 1.01. The average molecular weight is 314 g/mol. The summed E-state index contributed by atoms with van der Waals surface area (Å²) in [5.74, 6) is 0.851. The Kier molecular flexibility index (Phi) is 5.59. The summed E-state index contributed by atoms with van der Waals surface area (Å²) in [6.45, 7) is 9.12. The first kappa shape index (κ1) is 17.3. The van der Waals surface area contributed by atoms with Crippen LogP contribution in [0.15, 0.2) is 43.0 Å². The van der Waals surface area contributed by atoms with Gasteiger partial charge in [0.2, 0.25) is 5.91 Å². The first-order chi connectivity index (χ1) is 10.9. The smallest absolute Gasteiger partial charge is 0.235 e. The normalized spacial score (nSPS) is 12.9.